The van der Waals surface area contributed by atoms with Crippen LogP contribution in [0.1, 0.15) is 6.42 Å². The van der Waals surface area contributed by atoms with Crippen molar-refractivity contribution in [3.8, 4) is 0 Å². The van der Waals surface area contributed by atoms with E-state index in [2.05, 4.69) is 20.9 Å². The van der Waals surface area contributed by atoms with E-state index in [9.17, 15) is 0 Å². The van der Waals surface area contributed by atoms with Crippen molar-refractivity contribution in [1.82, 2.24) is 9.88 Å². The van der Waals surface area contributed by atoms with Gasteiger partial charge in [0.25, 0.3) is 0 Å². The quantitative estimate of drug-likeness (QED) is 0.833. The Hall–Kier alpha value is -1.85. The van der Waals surface area contributed by atoms with Crippen molar-refractivity contribution in [2.24, 2.45) is 0 Å². The van der Waals surface area contributed by atoms with Crippen LogP contribution in [0, 0.1) is 0 Å². The summed E-state index contributed by atoms with van der Waals surface area (Å²) < 4.78 is 0. The van der Waals surface area contributed by atoms with Gasteiger partial charge in [0.1, 0.15) is 0 Å². The van der Waals surface area contributed by atoms with Gasteiger partial charge in [-0.25, -0.2) is 0 Å². The monoisotopic (exact) mass is 286 g/mol. The van der Waals surface area contributed by atoms with Crippen molar-refractivity contribution in [1.29, 1.82) is 0 Å². The van der Waals surface area contributed by atoms with Crippen molar-refractivity contribution in [2.45, 2.75) is 6.42 Å². The molecule has 112 valence electrons. The molecule has 1 aromatic heterocycles. The Labute approximate surface area is 125 Å². The van der Waals surface area contributed by atoms with E-state index in [0.717, 1.165) is 50.2 Å². The number of β-amino-alcohol motifs (C(OH)–C–C–N with tert-alkyl or cyclic N) is 1. The van der Waals surface area contributed by atoms with Crippen molar-refractivity contribution < 1.29 is 5.11 Å². The van der Waals surface area contributed by atoms with Gasteiger partial charge >= 0.3 is 0 Å². The van der Waals surface area contributed by atoms with Crippen LogP contribution >= 0.6 is 0 Å². The summed E-state index contributed by atoms with van der Waals surface area (Å²) in [5.74, 6) is 0. The molecule has 0 bridgehead atoms. The van der Waals surface area contributed by atoms with Crippen molar-refractivity contribution in [2.75, 3.05) is 50.0 Å². The van der Waals surface area contributed by atoms with Crippen LogP contribution in [-0.4, -0.2) is 54.3 Å². The van der Waals surface area contributed by atoms with E-state index < -0.39 is 0 Å². The zero-order valence-electron chi connectivity index (χ0n) is 12.2. The summed E-state index contributed by atoms with van der Waals surface area (Å²) in [5.41, 5.74) is 8.06. The number of anilines is 2. The van der Waals surface area contributed by atoms with Crippen LogP contribution in [0.2, 0.25) is 0 Å². The smallest absolute Gasteiger partial charge is 0.0558 e. The molecule has 0 unspecified atom stereocenters. The molecule has 1 aliphatic heterocycles. The molecule has 0 atom stereocenters. The van der Waals surface area contributed by atoms with Gasteiger partial charge in [-0.2, -0.15) is 0 Å². The average molecular weight is 286 g/mol. The number of aliphatic hydroxyl groups is 1. The number of nitrogen functional groups attached to an aromatic ring is 1. The van der Waals surface area contributed by atoms with Crippen molar-refractivity contribution in [3.05, 3.63) is 30.6 Å². The minimum Gasteiger partial charge on any atom is -0.398 e. The van der Waals surface area contributed by atoms with E-state index in [1.807, 2.05) is 24.5 Å². The highest BCUT2D eigenvalue weighted by molar-refractivity contribution is 6.00. The number of aromatic nitrogens is 1. The maximum Gasteiger partial charge on any atom is 0.0558 e. The molecular formula is C16H22N4O. The number of nitrogens with two attached hydrogens (primary N) is 1. The number of benzene rings is 1. The Morgan fingerprint density at radius 1 is 1.10 bits per heavy atom. The molecule has 0 radical (unpaired) electrons. The van der Waals surface area contributed by atoms with Gasteiger partial charge < -0.3 is 15.7 Å². The molecule has 1 fully saturated rings. The third kappa shape index (κ3) is 2.94. The van der Waals surface area contributed by atoms with Gasteiger partial charge in [-0.05, 0) is 31.2 Å². The third-order valence-corrected chi connectivity index (χ3v) is 4.17. The fourth-order valence-electron chi connectivity index (χ4n) is 3.05. The van der Waals surface area contributed by atoms with E-state index in [1.54, 1.807) is 0 Å². The Morgan fingerprint density at radius 3 is 2.86 bits per heavy atom. The second-order valence-electron chi connectivity index (χ2n) is 5.50. The summed E-state index contributed by atoms with van der Waals surface area (Å²) in [4.78, 5) is 8.92. The van der Waals surface area contributed by atoms with Gasteiger partial charge in [-0.1, -0.05) is 0 Å². The predicted molar refractivity (Wildman–Crippen MR) is 86.5 cm³/mol. The van der Waals surface area contributed by atoms with E-state index in [0.29, 0.717) is 0 Å². The van der Waals surface area contributed by atoms with Crippen LogP contribution in [0.5, 0.6) is 0 Å². The van der Waals surface area contributed by atoms with Crippen LogP contribution < -0.4 is 10.6 Å². The zero-order valence-corrected chi connectivity index (χ0v) is 12.2. The van der Waals surface area contributed by atoms with Crippen LogP contribution in [0.15, 0.2) is 30.6 Å². The Kier molecular flexibility index (Phi) is 4.22. The second-order valence-corrected chi connectivity index (χ2v) is 5.50. The minimum atomic E-state index is 0.233. The maximum atomic E-state index is 9.09. The molecular weight excluding hydrogens is 264 g/mol. The molecule has 5 heteroatoms. The molecule has 1 saturated heterocycles. The van der Waals surface area contributed by atoms with Crippen LogP contribution in [0.25, 0.3) is 10.8 Å². The van der Waals surface area contributed by atoms with E-state index >= 15 is 0 Å². The number of hydrogen-bond acceptors (Lipinski definition) is 5. The lowest BCUT2D eigenvalue weighted by Crippen LogP contribution is -2.32. The number of rotatable bonds is 3. The Morgan fingerprint density at radius 2 is 2.00 bits per heavy atom. The minimum absolute atomic E-state index is 0.233. The Balaban J connectivity index is 1.88. The summed E-state index contributed by atoms with van der Waals surface area (Å²) in [6, 6.07) is 6.12. The van der Waals surface area contributed by atoms with E-state index in [1.165, 1.54) is 11.1 Å². The highest BCUT2D eigenvalue weighted by Gasteiger charge is 2.17. The molecule has 3 N–H and O–H groups in total. The average Bonchev–Trinajstić information content (AvgIpc) is 2.74. The summed E-state index contributed by atoms with van der Waals surface area (Å²) in [5, 5.41) is 11.3. The standard InChI is InChI=1S/C16H22N4O/c17-15-2-3-16(13-4-5-18-12-14(13)15)20-7-1-6-19(8-9-20)10-11-21/h2-5,12,21H,1,6-11,17H2. The molecule has 0 saturated carbocycles. The van der Waals surface area contributed by atoms with Gasteiger partial charge in [0, 0.05) is 60.7 Å². The Bertz CT molecular complexity index is 616. The topological polar surface area (TPSA) is 65.6 Å². The largest absolute Gasteiger partial charge is 0.398 e. The van der Waals surface area contributed by atoms with Gasteiger partial charge in [0.05, 0.1) is 6.61 Å². The second kappa shape index (κ2) is 6.28. The van der Waals surface area contributed by atoms with E-state index in [-0.39, 0.29) is 6.61 Å². The first-order valence-corrected chi connectivity index (χ1v) is 7.50. The molecule has 0 spiro atoms. The lowest BCUT2D eigenvalue weighted by molar-refractivity contribution is 0.204. The highest BCUT2D eigenvalue weighted by atomic mass is 16.3. The summed E-state index contributed by atoms with van der Waals surface area (Å²) in [6.07, 6.45) is 4.77. The van der Waals surface area contributed by atoms with Crippen molar-refractivity contribution in [3.63, 3.8) is 0 Å². The molecule has 2 heterocycles. The molecule has 3 rings (SSSR count). The molecule has 5 nitrogen and oxygen atoms in total. The zero-order chi connectivity index (χ0) is 14.7. The molecule has 1 aromatic carbocycles. The predicted octanol–water partition coefficient (Wildman–Crippen LogP) is 1.32. The summed E-state index contributed by atoms with van der Waals surface area (Å²) in [7, 11) is 0. The fourth-order valence-corrected chi connectivity index (χ4v) is 3.05. The van der Waals surface area contributed by atoms with Crippen LogP contribution in [0.4, 0.5) is 11.4 Å². The van der Waals surface area contributed by atoms with Gasteiger partial charge in [0.2, 0.25) is 0 Å². The number of nitrogens with zero attached hydrogens (tertiary/aromatic N) is 3. The molecule has 0 amide bonds. The summed E-state index contributed by atoms with van der Waals surface area (Å²) >= 11 is 0. The first kappa shape index (κ1) is 14.1. The normalized spacial score (nSPS) is 17.1. The number of fused-ring (bicyclic) bond motifs is 1. The first-order chi connectivity index (χ1) is 10.3. The van der Waals surface area contributed by atoms with Crippen molar-refractivity contribution >= 4 is 22.1 Å². The molecule has 0 aliphatic carbocycles. The highest BCUT2D eigenvalue weighted by Crippen LogP contribution is 2.30. The fraction of sp³-hybridized carbons (Fsp3) is 0.438. The molecule has 1 aliphatic rings. The third-order valence-electron chi connectivity index (χ3n) is 4.17. The van der Waals surface area contributed by atoms with E-state index in [4.69, 9.17) is 10.8 Å². The van der Waals surface area contributed by atoms with Crippen LogP contribution in [0.3, 0.4) is 0 Å². The lowest BCUT2D eigenvalue weighted by Gasteiger charge is -2.25. The SMILES string of the molecule is Nc1ccc(N2CCCN(CCO)CC2)c2ccncc12. The first-order valence-electron chi connectivity index (χ1n) is 7.50. The van der Waals surface area contributed by atoms with Gasteiger partial charge in [0.15, 0.2) is 0 Å². The lowest BCUT2D eigenvalue weighted by atomic mass is 10.1. The number of aliphatic hydroxyl groups excluding tert-OH is 1. The molecule has 21 heavy (non-hydrogen) atoms. The number of pyridine rings is 1. The van der Waals surface area contributed by atoms with Crippen LogP contribution in [-0.2, 0) is 0 Å². The summed E-state index contributed by atoms with van der Waals surface area (Å²) in [6.45, 7) is 5.03. The number of hydrogen-bond donors (Lipinski definition) is 2. The van der Waals surface area contributed by atoms with Gasteiger partial charge in [-0.15, -0.1) is 0 Å². The molecule has 2 aromatic rings. The maximum absolute atomic E-state index is 9.09. The van der Waals surface area contributed by atoms with Gasteiger partial charge in [-0.3, -0.25) is 9.88 Å².